The van der Waals surface area contributed by atoms with E-state index in [1.807, 2.05) is 0 Å². The Morgan fingerprint density at radius 3 is 2.50 bits per heavy atom. The fraction of sp³-hybridized carbons (Fsp3) is 0. The normalized spacial score (nSPS) is 10.4. The van der Waals surface area contributed by atoms with Crippen LogP contribution in [0, 0.1) is 11.6 Å². The van der Waals surface area contributed by atoms with Gasteiger partial charge in [-0.05, 0) is 40.2 Å². The van der Waals surface area contributed by atoms with Crippen LogP contribution in [0.25, 0.3) is 0 Å². The number of hydrogen-bond acceptors (Lipinski definition) is 2. The van der Waals surface area contributed by atoms with Gasteiger partial charge in [0.2, 0.25) is 0 Å². The van der Waals surface area contributed by atoms with Gasteiger partial charge in [-0.3, -0.25) is 4.79 Å². The van der Waals surface area contributed by atoms with Gasteiger partial charge in [0.1, 0.15) is 0 Å². The number of nitrogen functional groups attached to an aromatic ring is 1. The molecule has 2 aromatic carbocycles. The van der Waals surface area contributed by atoms with E-state index in [9.17, 15) is 13.6 Å². The first-order valence-corrected chi connectivity index (χ1v) is 6.56. The molecule has 7 heteroatoms. The molecule has 1 amide bonds. The Balaban J connectivity index is 2.28. The maximum Gasteiger partial charge on any atom is 0.257 e. The summed E-state index contributed by atoms with van der Waals surface area (Å²) >= 11 is 9.04. The van der Waals surface area contributed by atoms with Gasteiger partial charge in [-0.25, -0.2) is 8.78 Å². The van der Waals surface area contributed by atoms with Crippen LogP contribution in [0.2, 0.25) is 5.02 Å². The molecule has 0 heterocycles. The third-order valence-corrected chi connectivity index (χ3v) is 3.73. The van der Waals surface area contributed by atoms with E-state index in [4.69, 9.17) is 17.3 Å². The summed E-state index contributed by atoms with van der Waals surface area (Å²) in [7, 11) is 0. The summed E-state index contributed by atoms with van der Waals surface area (Å²) in [6, 6.07) is 6.25. The molecule has 2 aromatic rings. The zero-order valence-electron chi connectivity index (χ0n) is 9.88. The smallest absolute Gasteiger partial charge is 0.257 e. The van der Waals surface area contributed by atoms with Gasteiger partial charge in [-0.2, -0.15) is 0 Å². The fourth-order valence-electron chi connectivity index (χ4n) is 1.53. The zero-order valence-corrected chi connectivity index (χ0v) is 12.2. The van der Waals surface area contributed by atoms with Gasteiger partial charge < -0.3 is 11.1 Å². The van der Waals surface area contributed by atoms with Crippen molar-refractivity contribution in [2.24, 2.45) is 0 Å². The lowest BCUT2D eigenvalue weighted by Crippen LogP contribution is -2.15. The number of anilines is 2. The number of carbonyl (C=O) groups is 1. The fourth-order valence-corrected chi connectivity index (χ4v) is 2.03. The summed E-state index contributed by atoms with van der Waals surface area (Å²) in [5.74, 6) is -2.88. The van der Waals surface area contributed by atoms with Crippen LogP contribution < -0.4 is 11.1 Å². The Labute approximate surface area is 126 Å². The summed E-state index contributed by atoms with van der Waals surface area (Å²) in [6.07, 6.45) is 0. The largest absolute Gasteiger partial charge is 0.398 e. The van der Waals surface area contributed by atoms with Crippen molar-refractivity contribution in [3.63, 3.8) is 0 Å². The van der Waals surface area contributed by atoms with E-state index in [0.29, 0.717) is 15.2 Å². The van der Waals surface area contributed by atoms with Gasteiger partial charge in [-0.15, -0.1) is 0 Å². The summed E-state index contributed by atoms with van der Waals surface area (Å²) in [5, 5.41) is 3.00. The van der Waals surface area contributed by atoms with Crippen molar-refractivity contribution in [1.82, 2.24) is 0 Å². The maximum absolute atomic E-state index is 13.1. The van der Waals surface area contributed by atoms with Gasteiger partial charge in [0.05, 0.1) is 10.6 Å². The SMILES string of the molecule is Nc1cc(F)c(F)cc1C(=O)Nc1ccc(Cl)c(Br)c1. The van der Waals surface area contributed by atoms with E-state index in [0.717, 1.165) is 12.1 Å². The summed E-state index contributed by atoms with van der Waals surface area (Å²) < 4.78 is 26.7. The summed E-state index contributed by atoms with van der Waals surface area (Å²) in [4.78, 5) is 12.0. The van der Waals surface area contributed by atoms with Crippen LogP contribution in [0.3, 0.4) is 0 Å². The summed E-state index contributed by atoms with van der Waals surface area (Å²) in [5.41, 5.74) is 5.65. The van der Waals surface area contributed by atoms with Crippen molar-refractivity contribution in [2.75, 3.05) is 11.1 Å². The molecule has 0 saturated carbocycles. The lowest BCUT2D eigenvalue weighted by atomic mass is 10.1. The molecule has 20 heavy (non-hydrogen) atoms. The molecule has 3 nitrogen and oxygen atoms in total. The number of carbonyl (C=O) groups excluding carboxylic acids is 1. The average Bonchev–Trinajstić information content (AvgIpc) is 2.38. The Morgan fingerprint density at radius 1 is 1.20 bits per heavy atom. The minimum atomic E-state index is -1.14. The molecule has 0 spiro atoms. The van der Waals surface area contributed by atoms with Crippen LogP contribution in [0.4, 0.5) is 20.2 Å². The quantitative estimate of drug-likeness (QED) is 0.787. The van der Waals surface area contributed by atoms with Crippen LogP contribution in [-0.4, -0.2) is 5.91 Å². The standard InChI is InChI=1S/C13H8BrClF2N2O/c14-8-3-6(1-2-9(8)15)19-13(20)7-4-10(16)11(17)5-12(7)18/h1-5H,18H2,(H,19,20). The average molecular weight is 362 g/mol. The number of hydrogen-bond donors (Lipinski definition) is 2. The van der Waals surface area contributed by atoms with Crippen molar-refractivity contribution in [2.45, 2.75) is 0 Å². The van der Waals surface area contributed by atoms with Crippen molar-refractivity contribution in [3.8, 4) is 0 Å². The highest BCUT2D eigenvalue weighted by molar-refractivity contribution is 9.10. The molecule has 0 bridgehead atoms. The monoisotopic (exact) mass is 360 g/mol. The molecule has 0 radical (unpaired) electrons. The highest BCUT2D eigenvalue weighted by atomic mass is 79.9. The zero-order chi connectivity index (χ0) is 14.9. The number of benzene rings is 2. The molecule has 0 atom stereocenters. The van der Waals surface area contributed by atoms with Gasteiger partial charge >= 0.3 is 0 Å². The van der Waals surface area contributed by atoms with Crippen LogP contribution in [0.5, 0.6) is 0 Å². The van der Waals surface area contributed by atoms with Gasteiger partial charge in [-0.1, -0.05) is 11.6 Å². The molecule has 3 N–H and O–H groups in total. The minimum Gasteiger partial charge on any atom is -0.398 e. The van der Waals surface area contributed by atoms with E-state index in [-0.39, 0.29) is 11.3 Å². The highest BCUT2D eigenvalue weighted by Gasteiger charge is 2.14. The topological polar surface area (TPSA) is 55.1 Å². The van der Waals surface area contributed by atoms with Crippen LogP contribution in [-0.2, 0) is 0 Å². The molecule has 2 rings (SSSR count). The number of nitrogens with two attached hydrogens (primary N) is 1. The second kappa shape index (κ2) is 5.76. The molecule has 0 aromatic heterocycles. The van der Waals surface area contributed by atoms with Crippen LogP contribution >= 0.6 is 27.5 Å². The Morgan fingerprint density at radius 2 is 1.85 bits per heavy atom. The number of rotatable bonds is 2. The molecule has 0 aliphatic rings. The number of amides is 1. The van der Waals surface area contributed by atoms with Gasteiger partial charge in [0.25, 0.3) is 5.91 Å². The van der Waals surface area contributed by atoms with E-state index in [1.165, 1.54) is 0 Å². The molecule has 0 saturated heterocycles. The van der Waals surface area contributed by atoms with E-state index in [1.54, 1.807) is 18.2 Å². The molecular weight excluding hydrogens is 354 g/mol. The molecule has 104 valence electrons. The van der Waals surface area contributed by atoms with Gasteiger partial charge in [0, 0.05) is 21.9 Å². The van der Waals surface area contributed by atoms with Crippen molar-refractivity contribution in [1.29, 1.82) is 0 Å². The predicted octanol–water partition coefficient (Wildman–Crippen LogP) is 4.22. The van der Waals surface area contributed by atoms with Crippen molar-refractivity contribution < 1.29 is 13.6 Å². The molecule has 0 fully saturated rings. The van der Waals surface area contributed by atoms with Crippen molar-refractivity contribution in [3.05, 3.63) is 57.0 Å². The third kappa shape index (κ3) is 3.08. The second-order valence-electron chi connectivity index (χ2n) is 3.94. The van der Waals surface area contributed by atoms with E-state index in [2.05, 4.69) is 21.2 Å². The first-order chi connectivity index (χ1) is 9.38. The Hall–Kier alpha value is -1.66. The van der Waals surface area contributed by atoms with E-state index < -0.39 is 17.5 Å². The van der Waals surface area contributed by atoms with Crippen LogP contribution in [0.1, 0.15) is 10.4 Å². The highest BCUT2D eigenvalue weighted by Crippen LogP contribution is 2.26. The van der Waals surface area contributed by atoms with Gasteiger partial charge in [0.15, 0.2) is 11.6 Å². The Bertz CT molecular complexity index is 694. The molecule has 0 aliphatic heterocycles. The van der Waals surface area contributed by atoms with E-state index >= 15 is 0 Å². The molecular formula is C13H8BrClF2N2O. The first-order valence-electron chi connectivity index (χ1n) is 5.39. The number of nitrogens with one attached hydrogen (secondary N) is 1. The van der Waals surface area contributed by atoms with Crippen molar-refractivity contribution >= 4 is 44.8 Å². The first kappa shape index (κ1) is 14.7. The minimum absolute atomic E-state index is 0.144. The number of halogens is 4. The molecule has 0 aliphatic carbocycles. The lowest BCUT2D eigenvalue weighted by molar-refractivity contribution is 0.102. The lowest BCUT2D eigenvalue weighted by Gasteiger charge is -2.09. The third-order valence-electron chi connectivity index (χ3n) is 2.51. The maximum atomic E-state index is 13.1. The predicted molar refractivity (Wildman–Crippen MR) is 77.9 cm³/mol. The van der Waals surface area contributed by atoms with Crippen LogP contribution in [0.15, 0.2) is 34.8 Å². The second-order valence-corrected chi connectivity index (χ2v) is 5.20. The Kier molecular flexibility index (Phi) is 4.25. The molecule has 0 unspecified atom stereocenters. The summed E-state index contributed by atoms with van der Waals surface area (Å²) in [6.45, 7) is 0.